The smallest absolute Gasteiger partial charge is 0.255 e. The van der Waals surface area contributed by atoms with Crippen molar-refractivity contribution >= 4 is 11.8 Å². The van der Waals surface area contributed by atoms with Gasteiger partial charge in [0, 0.05) is 12.6 Å². The van der Waals surface area contributed by atoms with Gasteiger partial charge in [-0.3, -0.25) is 9.59 Å². The van der Waals surface area contributed by atoms with Gasteiger partial charge in [0.25, 0.3) is 5.91 Å². The van der Waals surface area contributed by atoms with Crippen LogP contribution in [-0.4, -0.2) is 38.6 Å². The molecule has 1 rings (SSSR count). The van der Waals surface area contributed by atoms with Gasteiger partial charge >= 0.3 is 0 Å². The highest BCUT2D eigenvalue weighted by Crippen LogP contribution is 2.24. The normalized spacial score (nSPS) is 11.4. The molecule has 2 N–H and O–H groups in total. The lowest BCUT2D eigenvalue weighted by atomic mass is 10.1. The predicted octanol–water partition coefficient (Wildman–Crippen LogP) is 0.958. The Morgan fingerprint density at radius 3 is 2.50 bits per heavy atom. The van der Waals surface area contributed by atoms with E-state index >= 15 is 0 Å². The van der Waals surface area contributed by atoms with Gasteiger partial charge in [0.2, 0.25) is 5.91 Å². The van der Waals surface area contributed by atoms with E-state index in [1.807, 2.05) is 6.92 Å². The molecule has 1 aromatic rings. The number of hydrogen-bond acceptors (Lipinski definition) is 4. The molecule has 0 fully saturated rings. The highest BCUT2D eigenvalue weighted by Gasteiger charge is 2.18. The number of carbonyl (C=O) groups excluding carboxylic acids is 2. The molecule has 0 aliphatic carbocycles. The van der Waals surface area contributed by atoms with Gasteiger partial charge in [-0.15, -0.1) is 0 Å². The fraction of sp³-hybridized carbons (Fsp3) is 0.429. The van der Waals surface area contributed by atoms with Crippen molar-refractivity contribution in [3.63, 3.8) is 0 Å². The fourth-order valence-corrected chi connectivity index (χ4v) is 1.65. The molecular formula is C14H20N2O4. The number of benzene rings is 1. The molecule has 0 aromatic heterocycles. The summed E-state index contributed by atoms with van der Waals surface area (Å²) >= 11 is 0. The van der Waals surface area contributed by atoms with E-state index in [9.17, 15) is 9.59 Å². The van der Waals surface area contributed by atoms with Gasteiger partial charge in [-0.1, -0.05) is 0 Å². The van der Waals surface area contributed by atoms with Gasteiger partial charge in [-0.25, -0.2) is 0 Å². The van der Waals surface area contributed by atoms with Crippen molar-refractivity contribution in [2.24, 2.45) is 0 Å². The summed E-state index contributed by atoms with van der Waals surface area (Å²) in [6, 6.07) is 4.26. The number of methoxy groups -OCH3 is 2. The SMILES string of the molecule is CCNC(=O)C(C)NC(=O)c1ccc(OC)cc1OC. The van der Waals surface area contributed by atoms with Crippen molar-refractivity contribution in [1.29, 1.82) is 0 Å². The number of likely N-dealkylation sites (N-methyl/N-ethyl adjacent to an activating group) is 1. The summed E-state index contributed by atoms with van der Waals surface area (Å²) < 4.78 is 10.2. The molecule has 20 heavy (non-hydrogen) atoms. The second-order valence-corrected chi connectivity index (χ2v) is 4.16. The molecule has 0 saturated carbocycles. The molecule has 6 heteroatoms. The number of ether oxygens (including phenoxy) is 2. The Balaban J connectivity index is 2.84. The first kappa shape index (κ1) is 15.8. The van der Waals surface area contributed by atoms with Gasteiger partial charge in [-0.2, -0.15) is 0 Å². The minimum Gasteiger partial charge on any atom is -0.497 e. The molecule has 0 saturated heterocycles. The number of hydrogen-bond donors (Lipinski definition) is 2. The molecule has 0 radical (unpaired) electrons. The molecule has 6 nitrogen and oxygen atoms in total. The largest absolute Gasteiger partial charge is 0.497 e. The topological polar surface area (TPSA) is 76.7 Å². The lowest BCUT2D eigenvalue weighted by molar-refractivity contribution is -0.122. The van der Waals surface area contributed by atoms with Crippen molar-refractivity contribution < 1.29 is 19.1 Å². The summed E-state index contributed by atoms with van der Waals surface area (Å²) in [5.41, 5.74) is 0.351. The van der Waals surface area contributed by atoms with Crippen LogP contribution in [-0.2, 0) is 4.79 Å². The molecule has 1 aromatic carbocycles. The summed E-state index contributed by atoms with van der Waals surface area (Å²) in [6.45, 7) is 3.96. The standard InChI is InChI=1S/C14H20N2O4/c1-5-15-13(17)9(2)16-14(18)11-7-6-10(19-3)8-12(11)20-4/h6-9H,5H2,1-4H3,(H,15,17)(H,16,18). The zero-order chi connectivity index (χ0) is 15.1. The van der Waals surface area contributed by atoms with Gasteiger partial charge in [0.1, 0.15) is 17.5 Å². The van der Waals surface area contributed by atoms with Crippen LogP contribution in [0, 0.1) is 0 Å². The van der Waals surface area contributed by atoms with E-state index in [2.05, 4.69) is 10.6 Å². The van der Waals surface area contributed by atoms with E-state index in [0.717, 1.165) is 0 Å². The molecule has 0 spiro atoms. The van der Waals surface area contributed by atoms with Crippen LogP contribution in [0.4, 0.5) is 0 Å². The van der Waals surface area contributed by atoms with Crippen molar-refractivity contribution in [2.45, 2.75) is 19.9 Å². The summed E-state index contributed by atoms with van der Waals surface area (Å²) in [5.74, 6) is 0.386. The van der Waals surface area contributed by atoms with Crippen LogP contribution in [0.2, 0.25) is 0 Å². The predicted molar refractivity (Wildman–Crippen MR) is 75.2 cm³/mol. The van der Waals surface area contributed by atoms with Crippen LogP contribution in [0.15, 0.2) is 18.2 Å². The van der Waals surface area contributed by atoms with E-state index in [4.69, 9.17) is 9.47 Å². The van der Waals surface area contributed by atoms with Crippen molar-refractivity contribution in [3.05, 3.63) is 23.8 Å². The highest BCUT2D eigenvalue weighted by molar-refractivity contribution is 5.99. The van der Waals surface area contributed by atoms with Crippen molar-refractivity contribution in [2.75, 3.05) is 20.8 Å². The molecule has 0 bridgehead atoms. The molecular weight excluding hydrogens is 260 g/mol. The lowest BCUT2D eigenvalue weighted by Gasteiger charge is -2.15. The Labute approximate surface area is 118 Å². The zero-order valence-corrected chi connectivity index (χ0v) is 12.1. The van der Waals surface area contributed by atoms with Gasteiger partial charge in [0.15, 0.2) is 0 Å². The average Bonchev–Trinajstić information content (AvgIpc) is 2.46. The van der Waals surface area contributed by atoms with Gasteiger partial charge in [-0.05, 0) is 26.0 Å². The molecule has 110 valence electrons. The van der Waals surface area contributed by atoms with E-state index in [1.165, 1.54) is 14.2 Å². The maximum absolute atomic E-state index is 12.1. The summed E-state index contributed by atoms with van der Waals surface area (Å²) in [4.78, 5) is 23.7. The van der Waals surface area contributed by atoms with Crippen molar-refractivity contribution in [3.8, 4) is 11.5 Å². The zero-order valence-electron chi connectivity index (χ0n) is 12.1. The Morgan fingerprint density at radius 2 is 1.95 bits per heavy atom. The maximum atomic E-state index is 12.1. The first-order chi connectivity index (χ1) is 9.53. The number of carbonyl (C=O) groups is 2. The third-order valence-electron chi connectivity index (χ3n) is 2.75. The quantitative estimate of drug-likeness (QED) is 0.813. The van der Waals surface area contributed by atoms with Crippen LogP contribution in [0.3, 0.4) is 0 Å². The van der Waals surface area contributed by atoms with Crippen LogP contribution in [0.25, 0.3) is 0 Å². The van der Waals surface area contributed by atoms with E-state index in [1.54, 1.807) is 25.1 Å². The highest BCUT2D eigenvalue weighted by atomic mass is 16.5. The molecule has 0 aliphatic rings. The Hall–Kier alpha value is -2.24. The summed E-state index contributed by atoms with van der Waals surface area (Å²) in [6.07, 6.45) is 0. The van der Waals surface area contributed by atoms with E-state index in [0.29, 0.717) is 23.6 Å². The van der Waals surface area contributed by atoms with E-state index < -0.39 is 6.04 Å². The number of amides is 2. The van der Waals surface area contributed by atoms with Gasteiger partial charge in [0.05, 0.1) is 19.8 Å². The van der Waals surface area contributed by atoms with Gasteiger partial charge < -0.3 is 20.1 Å². The maximum Gasteiger partial charge on any atom is 0.255 e. The van der Waals surface area contributed by atoms with Crippen LogP contribution >= 0.6 is 0 Å². The monoisotopic (exact) mass is 280 g/mol. The Bertz CT molecular complexity index is 488. The molecule has 0 heterocycles. The summed E-state index contributed by atoms with van der Waals surface area (Å²) in [5, 5.41) is 5.27. The van der Waals surface area contributed by atoms with Crippen molar-refractivity contribution in [1.82, 2.24) is 10.6 Å². The molecule has 1 atom stereocenters. The molecule has 2 amide bonds. The lowest BCUT2D eigenvalue weighted by Crippen LogP contribution is -2.44. The minimum atomic E-state index is -0.616. The molecule has 0 aliphatic heterocycles. The number of rotatable bonds is 6. The minimum absolute atomic E-state index is 0.228. The summed E-state index contributed by atoms with van der Waals surface area (Å²) in [7, 11) is 3.00. The first-order valence-electron chi connectivity index (χ1n) is 6.34. The van der Waals surface area contributed by atoms with Crippen LogP contribution in [0.5, 0.6) is 11.5 Å². The van der Waals surface area contributed by atoms with Crippen LogP contribution < -0.4 is 20.1 Å². The third-order valence-corrected chi connectivity index (χ3v) is 2.75. The van der Waals surface area contributed by atoms with E-state index in [-0.39, 0.29) is 11.8 Å². The van der Waals surface area contributed by atoms with Crippen LogP contribution in [0.1, 0.15) is 24.2 Å². The average molecular weight is 280 g/mol. The number of nitrogens with one attached hydrogen (secondary N) is 2. The second-order valence-electron chi connectivity index (χ2n) is 4.16. The molecule has 1 unspecified atom stereocenters. The third kappa shape index (κ3) is 3.88. The fourth-order valence-electron chi connectivity index (χ4n) is 1.65. The first-order valence-corrected chi connectivity index (χ1v) is 6.34. The Morgan fingerprint density at radius 1 is 1.25 bits per heavy atom. The second kappa shape index (κ2) is 7.37. The Kier molecular flexibility index (Phi) is 5.83.